The van der Waals surface area contributed by atoms with Gasteiger partial charge in [-0.3, -0.25) is 4.79 Å². The molecule has 1 amide bonds. The first-order valence-electron chi connectivity index (χ1n) is 8.07. The van der Waals surface area contributed by atoms with Gasteiger partial charge in [-0.15, -0.1) is 0 Å². The van der Waals surface area contributed by atoms with Gasteiger partial charge < -0.3 is 25.3 Å². The molecule has 0 saturated heterocycles. The van der Waals surface area contributed by atoms with Crippen LogP contribution in [0.3, 0.4) is 0 Å². The molecule has 6 heteroatoms. The van der Waals surface area contributed by atoms with Gasteiger partial charge in [0.15, 0.2) is 0 Å². The highest BCUT2D eigenvalue weighted by molar-refractivity contribution is 5.79. The van der Waals surface area contributed by atoms with E-state index in [2.05, 4.69) is 5.32 Å². The fraction of sp³-hybridized carbons (Fsp3) is 0.316. The molecule has 2 aromatic carbocycles. The molecule has 1 atom stereocenters. The van der Waals surface area contributed by atoms with Crippen molar-refractivity contribution in [3.8, 4) is 17.2 Å². The van der Waals surface area contributed by atoms with Crippen molar-refractivity contribution in [2.24, 2.45) is 5.73 Å². The van der Waals surface area contributed by atoms with E-state index >= 15 is 0 Å². The average Bonchev–Trinajstić information content (AvgIpc) is 2.66. The molecule has 0 heterocycles. The number of nitrogens with one attached hydrogen (secondary N) is 1. The minimum atomic E-state index is -0.396. The third kappa shape index (κ3) is 4.64. The highest BCUT2D eigenvalue weighted by Gasteiger charge is 2.21. The molecule has 3 N–H and O–H groups in total. The number of carbonyl (C=O) groups excluding carboxylic acids is 1. The van der Waals surface area contributed by atoms with Gasteiger partial charge >= 0.3 is 0 Å². The molecule has 0 radical (unpaired) electrons. The number of benzene rings is 2. The number of hydrogen-bond donors (Lipinski definition) is 2. The zero-order chi connectivity index (χ0) is 18.2. The fourth-order valence-corrected chi connectivity index (χ4v) is 2.54. The Labute approximate surface area is 147 Å². The molecule has 0 aliphatic heterocycles. The van der Waals surface area contributed by atoms with Gasteiger partial charge in [0.05, 0.1) is 33.4 Å². The molecule has 1 unspecified atom stereocenters. The lowest BCUT2D eigenvalue weighted by atomic mass is 9.97. The summed E-state index contributed by atoms with van der Waals surface area (Å²) in [4.78, 5) is 11.9. The van der Waals surface area contributed by atoms with Crippen LogP contribution in [0.15, 0.2) is 42.5 Å². The van der Waals surface area contributed by atoms with Crippen LogP contribution in [-0.2, 0) is 4.79 Å². The van der Waals surface area contributed by atoms with Gasteiger partial charge in [-0.05, 0) is 36.8 Å². The molecule has 25 heavy (non-hydrogen) atoms. The summed E-state index contributed by atoms with van der Waals surface area (Å²) in [5.41, 5.74) is 7.18. The van der Waals surface area contributed by atoms with Crippen LogP contribution < -0.4 is 25.3 Å². The van der Waals surface area contributed by atoms with E-state index in [1.54, 1.807) is 20.3 Å². The van der Waals surface area contributed by atoms with E-state index in [9.17, 15) is 4.79 Å². The number of hydrogen-bond acceptors (Lipinski definition) is 5. The standard InChI is InChI=1S/C19H24N2O4/c1-4-25-14-7-5-13(6-8-14)19(21-18(22)12-20)16-10-9-15(23-2)11-17(16)24-3/h5-11,19H,4,12,20H2,1-3H3,(H,21,22). The summed E-state index contributed by atoms with van der Waals surface area (Å²) in [5, 5.41) is 2.94. The molecular weight excluding hydrogens is 320 g/mol. The smallest absolute Gasteiger partial charge is 0.234 e. The third-order valence-electron chi connectivity index (χ3n) is 3.77. The van der Waals surface area contributed by atoms with Crippen molar-refractivity contribution in [2.75, 3.05) is 27.4 Å². The second kappa shape index (κ2) is 8.94. The van der Waals surface area contributed by atoms with Crippen LogP contribution in [0.5, 0.6) is 17.2 Å². The fourth-order valence-electron chi connectivity index (χ4n) is 2.54. The van der Waals surface area contributed by atoms with E-state index in [1.165, 1.54) is 0 Å². The highest BCUT2D eigenvalue weighted by Crippen LogP contribution is 2.33. The van der Waals surface area contributed by atoms with Crippen molar-refractivity contribution in [3.63, 3.8) is 0 Å². The summed E-state index contributed by atoms with van der Waals surface area (Å²) in [6.07, 6.45) is 0. The molecule has 0 aromatic heterocycles. The number of carbonyl (C=O) groups is 1. The van der Waals surface area contributed by atoms with Crippen molar-refractivity contribution in [1.29, 1.82) is 0 Å². The Morgan fingerprint density at radius 2 is 1.76 bits per heavy atom. The van der Waals surface area contributed by atoms with Crippen molar-refractivity contribution in [1.82, 2.24) is 5.32 Å². The summed E-state index contributed by atoms with van der Waals surface area (Å²) in [5.74, 6) is 1.82. The largest absolute Gasteiger partial charge is 0.497 e. The zero-order valence-corrected chi connectivity index (χ0v) is 14.7. The first-order valence-corrected chi connectivity index (χ1v) is 8.07. The Morgan fingerprint density at radius 1 is 1.08 bits per heavy atom. The second-order valence-corrected chi connectivity index (χ2v) is 5.31. The summed E-state index contributed by atoms with van der Waals surface area (Å²) >= 11 is 0. The first-order chi connectivity index (χ1) is 12.1. The van der Waals surface area contributed by atoms with E-state index in [0.717, 1.165) is 16.9 Å². The van der Waals surface area contributed by atoms with Crippen molar-refractivity contribution in [2.45, 2.75) is 13.0 Å². The van der Waals surface area contributed by atoms with Crippen LogP contribution in [-0.4, -0.2) is 33.3 Å². The van der Waals surface area contributed by atoms with E-state index in [1.807, 2.05) is 43.3 Å². The van der Waals surface area contributed by atoms with Crippen LogP contribution in [0.4, 0.5) is 0 Å². The Hall–Kier alpha value is -2.73. The minimum absolute atomic E-state index is 0.0913. The van der Waals surface area contributed by atoms with E-state index in [4.69, 9.17) is 19.9 Å². The molecular formula is C19H24N2O4. The van der Waals surface area contributed by atoms with Crippen molar-refractivity contribution < 1.29 is 19.0 Å². The van der Waals surface area contributed by atoms with Crippen molar-refractivity contribution in [3.05, 3.63) is 53.6 Å². The van der Waals surface area contributed by atoms with Crippen LogP contribution in [0.1, 0.15) is 24.1 Å². The molecule has 6 nitrogen and oxygen atoms in total. The normalized spacial score (nSPS) is 11.5. The summed E-state index contributed by atoms with van der Waals surface area (Å²) < 4.78 is 16.2. The lowest BCUT2D eigenvalue weighted by molar-refractivity contribution is -0.120. The zero-order valence-electron chi connectivity index (χ0n) is 14.7. The molecule has 0 spiro atoms. The Balaban J connectivity index is 2.43. The summed E-state index contributed by atoms with van der Waals surface area (Å²) in [7, 11) is 3.17. The topological polar surface area (TPSA) is 82.8 Å². The Kier molecular flexibility index (Phi) is 6.65. The lowest BCUT2D eigenvalue weighted by Gasteiger charge is -2.22. The maximum absolute atomic E-state index is 11.9. The van der Waals surface area contributed by atoms with Gasteiger partial charge in [0, 0.05) is 11.6 Å². The van der Waals surface area contributed by atoms with E-state index in [-0.39, 0.29) is 12.5 Å². The first kappa shape index (κ1) is 18.6. The van der Waals surface area contributed by atoms with Crippen LogP contribution in [0.25, 0.3) is 0 Å². The second-order valence-electron chi connectivity index (χ2n) is 5.31. The molecule has 0 aliphatic rings. The van der Waals surface area contributed by atoms with Crippen molar-refractivity contribution >= 4 is 5.91 Å². The number of amides is 1. The summed E-state index contributed by atoms with van der Waals surface area (Å²) in [6.45, 7) is 2.44. The molecule has 0 bridgehead atoms. The quantitative estimate of drug-likeness (QED) is 0.767. The van der Waals surface area contributed by atoms with Gasteiger partial charge in [-0.2, -0.15) is 0 Å². The predicted molar refractivity (Wildman–Crippen MR) is 96.2 cm³/mol. The maximum atomic E-state index is 11.9. The molecule has 2 rings (SSSR count). The molecule has 0 fully saturated rings. The average molecular weight is 344 g/mol. The Morgan fingerprint density at radius 3 is 2.32 bits per heavy atom. The van der Waals surface area contributed by atoms with Gasteiger partial charge in [-0.1, -0.05) is 12.1 Å². The maximum Gasteiger partial charge on any atom is 0.234 e. The third-order valence-corrected chi connectivity index (χ3v) is 3.77. The SMILES string of the molecule is CCOc1ccc(C(NC(=O)CN)c2ccc(OC)cc2OC)cc1. The van der Waals surface area contributed by atoms with Gasteiger partial charge in [-0.25, -0.2) is 0 Å². The van der Waals surface area contributed by atoms with Crippen LogP contribution in [0.2, 0.25) is 0 Å². The number of nitrogens with two attached hydrogens (primary N) is 1. The predicted octanol–water partition coefficient (Wildman–Crippen LogP) is 2.27. The monoisotopic (exact) mass is 344 g/mol. The number of methoxy groups -OCH3 is 2. The molecule has 0 aliphatic carbocycles. The van der Waals surface area contributed by atoms with Crippen LogP contribution in [0, 0.1) is 0 Å². The van der Waals surface area contributed by atoms with E-state index in [0.29, 0.717) is 18.1 Å². The molecule has 2 aromatic rings. The van der Waals surface area contributed by atoms with Gasteiger partial charge in [0.25, 0.3) is 0 Å². The van der Waals surface area contributed by atoms with Gasteiger partial charge in [0.2, 0.25) is 5.91 Å². The molecule has 134 valence electrons. The lowest BCUT2D eigenvalue weighted by Crippen LogP contribution is -2.34. The minimum Gasteiger partial charge on any atom is -0.497 e. The van der Waals surface area contributed by atoms with E-state index < -0.39 is 6.04 Å². The number of rotatable bonds is 8. The molecule has 0 saturated carbocycles. The van der Waals surface area contributed by atoms with Crippen LogP contribution >= 0.6 is 0 Å². The van der Waals surface area contributed by atoms with Gasteiger partial charge in [0.1, 0.15) is 17.2 Å². The summed E-state index contributed by atoms with van der Waals surface area (Å²) in [6, 6.07) is 12.7. The highest BCUT2D eigenvalue weighted by atomic mass is 16.5. The Bertz CT molecular complexity index is 701. The number of ether oxygens (including phenoxy) is 3.